The van der Waals surface area contributed by atoms with Crippen LogP contribution in [0.3, 0.4) is 0 Å². The van der Waals surface area contributed by atoms with Gasteiger partial charge in [0.25, 0.3) is 0 Å². The number of aliphatic hydroxyl groups is 1. The van der Waals surface area contributed by atoms with Crippen molar-refractivity contribution in [2.45, 2.75) is 51.0 Å². The van der Waals surface area contributed by atoms with Gasteiger partial charge in [0.05, 0.1) is 12.2 Å². The Hall–Kier alpha value is -0.830. The molecule has 16 heavy (non-hydrogen) atoms. The van der Waals surface area contributed by atoms with Crippen LogP contribution in [-0.4, -0.2) is 23.3 Å². The summed E-state index contributed by atoms with van der Waals surface area (Å²) in [5.41, 5.74) is -0.607. The molecular formula is C13H20O3. The highest BCUT2D eigenvalue weighted by atomic mass is 16.5. The zero-order chi connectivity index (χ0) is 11.8. The maximum Gasteiger partial charge on any atom is 0.315 e. The summed E-state index contributed by atoms with van der Waals surface area (Å²) in [6.45, 7) is 6.13. The molecule has 0 aromatic rings. The van der Waals surface area contributed by atoms with E-state index in [2.05, 4.69) is 6.58 Å². The summed E-state index contributed by atoms with van der Waals surface area (Å²) in [7, 11) is 0. The molecule has 0 aromatic carbocycles. The van der Waals surface area contributed by atoms with Crippen LogP contribution < -0.4 is 0 Å². The Morgan fingerprint density at radius 3 is 2.81 bits per heavy atom. The van der Waals surface area contributed by atoms with E-state index in [0.29, 0.717) is 25.9 Å². The molecule has 0 unspecified atom stereocenters. The lowest BCUT2D eigenvalue weighted by atomic mass is 9.65. The second-order valence-electron chi connectivity index (χ2n) is 5.14. The zero-order valence-electron chi connectivity index (χ0n) is 9.92. The van der Waals surface area contributed by atoms with Crippen molar-refractivity contribution >= 4 is 5.97 Å². The monoisotopic (exact) mass is 224 g/mol. The third-order valence-electron chi connectivity index (χ3n) is 4.10. The molecule has 0 spiro atoms. The van der Waals surface area contributed by atoms with Crippen LogP contribution in [0.2, 0.25) is 0 Å². The molecule has 0 aromatic heterocycles. The number of rotatable bonds is 2. The van der Waals surface area contributed by atoms with Crippen LogP contribution in [-0.2, 0) is 9.53 Å². The first-order chi connectivity index (χ1) is 7.54. The van der Waals surface area contributed by atoms with Gasteiger partial charge in [-0.25, -0.2) is 0 Å². The van der Waals surface area contributed by atoms with Crippen molar-refractivity contribution in [2.24, 2.45) is 5.41 Å². The van der Waals surface area contributed by atoms with Crippen molar-refractivity contribution in [3.63, 3.8) is 0 Å². The molecule has 3 nitrogen and oxygen atoms in total. The highest BCUT2D eigenvalue weighted by Crippen LogP contribution is 2.57. The first kappa shape index (κ1) is 11.6. The highest BCUT2D eigenvalue weighted by molar-refractivity contribution is 5.80. The predicted octanol–water partition coefficient (Wildman–Crippen LogP) is 2.19. The molecule has 0 aliphatic heterocycles. The molecule has 90 valence electrons. The van der Waals surface area contributed by atoms with Gasteiger partial charge in [0.1, 0.15) is 5.41 Å². The number of carbonyl (C=O) groups excluding carboxylic acids is 1. The molecule has 2 atom stereocenters. The average molecular weight is 224 g/mol. The predicted molar refractivity (Wildman–Crippen MR) is 60.9 cm³/mol. The van der Waals surface area contributed by atoms with Crippen molar-refractivity contribution in [2.75, 3.05) is 6.61 Å². The van der Waals surface area contributed by atoms with Gasteiger partial charge in [-0.3, -0.25) is 4.79 Å². The van der Waals surface area contributed by atoms with E-state index in [0.717, 1.165) is 24.8 Å². The molecule has 0 amide bonds. The van der Waals surface area contributed by atoms with Crippen molar-refractivity contribution in [3.05, 3.63) is 12.2 Å². The number of hydrogen-bond acceptors (Lipinski definition) is 3. The van der Waals surface area contributed by atoms with E-state index in [1.165, 1.54) is 0 Å². The standard InChI is InChI=1S/C13H20O3/c1-3-16-11(14)12-6-4-5-7-13(12,15)9-10(2)8-12/h15H,2-9H2,1H3/t12-,13-/m0/s1. The van der Waals surface area contributed by atoms with Crippen molar-refractivity contribution in [3.8, 4) is 0 Å². The van der Waals surface area contributed by atoms with Gasteiger partial charge in [-0.05, 0) is 32.6 Å². The van der Waals surface area contributed by atoms with Gasteiger partial charge in [-0.2, -0.15) is 0 Å². The van der Waals surface area contributed by atoms with E-state index >= 15 is 0 Å². The number of hydrogen-bond donors (Lipinski definition) is 1. The molecule has 0 bridgehead atoms. The minimum Gasteiger partial charge on any atom is -0.465 e. The molecule has 2 aliphatic rings. The van der Waals surface area contributed by atoms with Crippen LogP contribution >= 0.6 is 0 Å². The minimum absolute atomic E-state index is 0.226. The average Bonchev–Trinajstić information content (AvgIpc) is 2.49. The fraction of sp³-hybridized carbons (Fsp3) is 0.769. The van der Waals surface area contributed by atoms with Crippen LogP contribution in [0.4, 0.5) is 0 Å². The summed E-state index contributed by atoms with van der Waals surface area (Å²) in [4.78, 5) is 12.1. The number of esters is 1. The van der Waals surface area contributed by atoms with Gasteiger partial charge in [-0.15, -0.1) is 0 Å². The van der Waals surface area contributed by atoms with Crippen LogP contribution in [0, 0.1) is 5.41 Å². The van der Waals surface area contributed by atoms with Gasteiger partial charge in [-0.1, -0.05) is 25.0 Å². The maximum atomic E-state index is 12.1. The Morgan fingerprint density at radius 1 is 1.44 bits per heavy atom. The molecule has 1 N–H and O–H groups in total. The topological polar surface area (TPSA) is 46.5 Å². The van der Waals surface area contributed by atoms with Gasteiger partial charge < -0.3 is 9.84 Å². The number of fused-ring (bicyclic) bond motifs is 1. The van der Waals surface area contributed by atoms with Gasteiger partial charge in [0.2, 0.25) is 0 Å². The largest absolute Gasteiger partial charge is 0.465 e. The molecule has 2 aliphatic carbocycles. The van der Waals surface area contributed by atoms with E-state index in [9.17, 15) is 9.90 Å². The number of carbonyl (C=O) groups is 1. The highest BCUT2D eigenvalue weighted by Gasteiger charge is 2.61. The molecule has 0 radical (unpaired) electrons. The van der Waals surface area contributed by atoms with E-state index in [1.807, 2.05) is 0 Å². The molecule has 3 heteroatoms. The third kappa shape index (κ3) is 1.49. The summed E-state index contributed by atoms with van der Waals surface area (Å²) in [5, 5.41) is 10.7. The maximum absolute atomic E-state index is 12.1. The summed E-state index contributed by atoms with van der Waals surface area (Å²) in [6, 6.07) is 0. The van der Waals surface area contributed by atoms with E-state index in [4.69, 9.17) is 4.74 Å². The lowest BCUT2D eigenvalue weighted by molar-refractivity contribution is -0.177. The summed E-state index contributed by atoms with van der Waals surface area (Å²) in [6.07, 6.45) is 4.58. The fourth-order valence-corrected chi connectivity index (χ4v) is 3.36. The van der Waals surface area contributed by atoms with Gasteiger partial charge in [0.15, 0.2) is 0 Å². The third-order valence-corrected chi connectivity index (χ3v) is 4.10. The Bertz CT molecular complexity index is 323. The van der Waals surface area contributed by atoms with Crippen LogP contribution in [0.1, 0.15) is 45.4 Å². The van der Waals surface area contributed by atoms with E-state index < -0.39 is 11.0 Å². The van der Waals surface area contributed by atoms with Crippen molar-refractivity contribution < 1.29 is 14.6 Å². The first-order valence-electron chi connectivity index (χ1n) is 6.10. The molecule has 2 fully saturated rings. The molecule has 2 saturated carbocycles. The molecule has 2 rings (SSSR count). The molecule has 0 heterocycles. The zero-order valence-corrected chi connectivity index (χ0v) is 9.92. The summed E-state index contributed by atoms with van der Waals surface area (Å²) in [5.74, 6) is -0.226. The lowest BCUT2D eigenvalue weighted by Crippen LogP contribution is -2.52. The Morgan fingerprint density at radius 2 is 2.12 bits per heavy atom. The Labute approximate surface area is 96.5 Å². The molecule has 0 saturated heterocycles. The van der Waals surface area contributed by atoms with Gasteiger partial charge >= 0.3 is 5.97 Å². The molecular weight excluding hydrogens is 204 g/mol. The van der Waals surface area contributed by atoms with Gasteiger partial charge in [0, 0.05) is 0 Å². The second kappa shape index (κ2) is 3.88. The van der Waals surface area contributed by atoms with E-state index in [-0.39, 0.29) is 5.97 Å². The van der Waals surface area contributed by atoms with Crippen molar-refractivity contribution in [1.82, 2.24) is 0 Å². The minimum atomic E-state index is -0.894. The van der Waals surface area contributed by atoms with Crippen LogP contribution in [0.5, 0.6) is 0 Å². The van der Waals surface area contributed by atoms with Crippen molar-refractivity contribution in [1.29, 1.82) is 0 Å². The first-order valence-corrected chi connectivity index (χ1v) is 6.10. The van der Waals surface area contributed by atoms with E-state index in [1.54, 1.807) is 6.92 Å². The van der Waals surface area contributed by atoms with Crippen LogP contribution in [0.25, 0.3) is 0 Å². The Balaban J connectivity index is 2.33. The van der Waals surface area contributed by atoms with Crippen LogP contribution in [0.15, 0.2) is 12.2 Å². The quantitative estimate of drug-likeness (QED) is 0.577. The SMILES string of the molecule is C=C1C[C@@]2(O)CCCC[C@@]2(C(=O)OCC)C1. The second-order valence-corrected chi connectivity index (χ2v) is 5.14. The smallest absolute Gasteiger partial charge is 0.315 e. The number of ether oxygens (including phenoxy) is 1. The normalized spacial score (nSPS) is 38.2. The summed E-state index contributed by atoms with van der Waals surface area (Å²) < 4.78 is 5.16. The lowest BCUT2D eigenvalue weighted by Gasteiger charge is -2.43. The Kier molecular flexibility index (Phi) is 2.82. The fourth-order valence-electron chi connectivity index (χ4n) is 3.36. The summed E-state index contributed by atoms with van der Waals surface area (Å²) >= 11 is 0.